The van der Waals surface area contributed by atoms with Gasteiger partial charge in [-0.25, -0.2) is 13.2 Å². The van der Waals surface area contributed by atoms with Crippen molar-refractivity contribution in [2.75, 3.05) is 32.3 Å². The lowest BCUT2D eigenvalue weighted by Gasteiger charge is -2.25. The number of methoxy groups -OCH3 is 1. The lowest BCUT2D eigenvalue weighted by atomic mass is 9.93. The van der Waals surface area contributed by atoms with Gasteiger partial charge in [0.05, 0.1) is 12.4 Å². The molecule has 8 nitrogen and oxygen atoms in total. The number of likely N-dealkylation sites (tertiary alicyclic amines) is 1. The topological polar surface area (TPSA) is 113 Å². The van der Waals surface area contributed by atoms with Crippen LogP contribution in [0.2, 0.25) is 0 Å². The molecule has 1 heterocycles. The number of carbonyl (C=O) groups excluding carboxylic acids is 1. The first-order chi connectivity index (χ1) is 20.0. The van der Waals surface area contributed by atoms with E-state index in [0.29, 0.717) is 23.5 Å². The summed E-state index contributed by atoms with van der Waals surface area (Å²) in [5.41, 5.74) is 4.05. The molecule has 2 aliphatic rings. The van der Waals surface area contributed by atoms with Gasteiger partial charge in [-0.15, -0.1) is 0 Å². The summed E-state index contributed by atoms with van der Waals surface area (Å²) in [6.45, 7) is 4.38. The minimum atomic E-state index is -3.38. The highest BCUT2D eigenvalue weighted by molar-refractivity contribution is 8.00. The molecular weight excluding hydrogens is 572 g/mol. The quantitative estimate of drug-likeness (QED) is 0.326. The van der Waals surface area contributed by atoms with Gasteiger partial charge < -0.3 is 15.2 Å². The first-order valence-corrected chi connectivity index (χ1v) is 17.8. The fourth-order valence-corrected chi connectivity index (χ4v) is 8.54. The molecule has 2 fully saturated rings. The first kappa shape index (κ1) is 32.5. The molecule has 0 bridgehead atoms. The molecule has 1 amide bonds. The van der Waals surface area contributed by atoms with Crippen LogP contribution in [0.25, 0.3) is 11.1 Å². The molecule has 1 saturated carbocycles. The number of carboxylic acids is 1. The van der Waals surface area contributed by atoms with E-state index in [-0.39, 0.29) is 12.2 Å². The van der Waals surface area contributed by atoms with E-state index < -0.39 is 27.8 Å². The van der Waals surface area contributed by atoms with Gasteiger partial charge in [-0.1, -0.05) is 49.6 Å². The number of hydrogen-bond donors (Lipinski definition) is 2. The Kier molecular flexibility index (Phi) is 11.5. The van der Waals surface area contributed by atoms with Crippen LogP contribution >= 0.6 is 11.8 Å². The molecule has 1 saturated heterocycles. The van der Waals surface area contributed by atoms with Gasteiger partial charge in [0.25, 0.3) is 5.91 Å². The summed E-state index contributed by atoms with van der Waals surface area (Å²) in [5.74, 6) is -2.13. The van der Waals surface area contributed by atoms with E-state index in [1.807, 2.05) is 43.3 Å². The van der Waals surface area contributed by atoms with Crippen molar-refractivity contribution in [3.05, 3.63) is 59.2 Å². The van der Waals surface area contributed by atoms with Gasteiger partial charge in [0, 0.05) is 48.6 Å². The van der Waals surface area contributed by atoms with Crippen molar-refractivity contribution in [1.29, 1.82) is 0 Å². The van der Waals surface area contributed by atoms with Crippen molar-refractivity contribution in [2.24, 2.45) is 0 Å². The molecule has 1 aliphatic heterocycles. The van der Waals surface area contributed by atoms with E-state index in [2.05, 4.69) is 22.0 Å². The Hall–Kier alpha value is -2.40. The average molecular weight is 617 g/mol. The van der Waals surface area contributed by atoms with Crippen LogP contribution in [0.15, 0.2) is 42.5 Å². The molecule has 4 rings (SSSR count). The molecule has 0 aromatic heterocycles. The molecule has 1 unspecified atom stereocenters. The van der Waals surface area contributed by atoms with E-state index >= 15 is 0 Å². The van der Waals surface area contributed by atoms with Gasteiger partial charge in [-0.3, -0.25) is 9.69 Å². The van der Waals surface area contributed by atoms with Gasteiger partial charge in [0.15, 0.2) is 0 Å². The molecule has 0 radical (unpaired) electrons. The van der Waals surface area contributed by atoms with Gasteiger partial charge in [0.2, 0.25) is 0 Å². The first-order valence-electron chi connectivity index (χ1n) is 14.8. The number of sulfone groups is 1. The molecular formula is C32H44N2O6S2. The normalized spacial score (nSPS) is 20.8. The number of hydrogen-bond acceptors (Lipinski definition) is 7. The molecule has 3 atom stereocenters. The van der Waals surface area contributed by atoms with Gasteiger partial charge in [0.1, 0.15) is 15.9 Å². The summed E-state index contributed by atoms with van der Waals surface area (Å²) in [7, 11) is -1.62. The maximum absolute atomic E-state index is 13.5. The summed E-state index contributed by atoms with van der Waals surface area (Å²) in [4.78, 5) is 27.8. The summed E-state index contributed by atoms with van der Waals surface area (Å²) in [6, 6.07) is 12.6. The molecule has 2 N–H and O–H groups in total. The molecule has 1 aliphatic carbocycles. The Morgan fingerprint density at radius 2 is 1.83 bits per heavy atom. The molecule has 2 aromatic carbocycles. The van der Waals surface area contributed by atoms with Gasteiger partial charge in [-0.05, 0) is 67.0 Å². The zero-order valence-corrected chi connectivity index (χ0v) is 26.5. The van der Waals surface area contributed by atoms with Crippen LogP contribution in [0, 0.1) is 6.92 Å². The van der Waals surface area contributed by atoms with E-state index in [9.17, 15) is 23.1 Å². The molecule has 10 heteroatoms. The SMILES string of the molecule is COC[C@@H]1CC(SC2CCCCC2)CN1Cc1ccc(C(=O)N[C@@H](CCS(C)(=O)=O)C(=O)O)c(-c2ccccc2C)c1. The lowest BCUT2D eigenvalue weighted by molar-refractivity contribution is -0.139. The second-order valence-electron chi connectivity index (χ2n) is 11.8. The van der Waals surface area contributed by atoms with Crippen molar-refractivity contribution >= 4 is 33.5 Å². The zero-order valence-electron chi connectivity index (χ0n) is 24.9. The van der Waals surface area contributed by atoms with E-state index in [1.54, 1.807) is 13.2 Å². The Balaban J connectivity index is 1.57. The number of nitrogens with zero attached hydrogens (tertiary/aromatic N) is 1. The Morgan fingerprint density at radius 1 is 1.10 bits per heavy atom. The predicted molar refractivity (Wildman–Crippen MR) is 169 cm³/mol. The van der Waals surface area contributed by atoms with Crippen LogP contribution in [0.3, 0.4) is 0 Å². The van der Waals surface area contributed by atoms with Gasteiger partial charge >= 0.3 is 5.97 Å². The fourth-order valence-electron chi connectivity index (χ4n) is 6.11. The minimum absolute atomic E-state index is 0.201. The Bertz CT molecular complexity index is 1340. The van der Waals surface area contributed by atoms with Crippen molar-refractivity contribution in [3.8, 4) is 11.1 Å². The molecule has 2 aromatic rings. The Labute approximate surface area is 254 Å². The van der Waals surface area contributed by atoms with E-state index in [1.165, 1.54) is 32.1 Å². The minimum Gasteiger partial charge on any atom is -0.480 e. The second kappa shape index (κ2) is 14.9. The zero-order chi connectivity index (χ0) is 30.3. The highest BCUT2D eigenvalue weighted by atomic mass is 32.2. The molecule has 230 valence electrons. The number of nitrogens with one attached hydrogen (secondary N) is 1. The molecule has 42 heavy (non-hydrogen) atoms. The summed E-state index contributed by atoms with van der Waals surface area (Å²) >= 11 is 2.16. The van der Waals surface area contributed by atoms with Crippen LogP contribution in [0.4, 0.5) is 0 Å². The van der Waals surface area contributed by atoms with Crippen molar-refractivity contribution in [3.63, 3.8) is 0 Å². The number of thioether (sulfide) groups is 1. The number of carboxylic acid groups (broad SMARTS) is 1. The fraction of sp³-hybridized carbons (Fsp3) is 0.562. The van der Waals surface area contributed by atoms with Crippen molar-refractivity contribution in [2.45, 2.75) is 81.0 Å². The highest BCUT2D eigenvalue weighted by Crippen LogP contribution is 2.37. The number of ether oxygens (including phenoxy) is 1. The predicted octanol–water partition coefficient (Wildman–Crippen LogP) is 4.93. The third-order valence-electron chi connectivity index (χ3n) is 8.32. The van der Waals surface area contributed by atoms with Crippen LogP contribution in [0.1, 0.15) is 66.4 Å². The Morgan fingerprint density at radius 3 is 2.50 bits per heavy atom. The number of aliphatic carboxylic acids is 1. The summed E-state index contributed by atoms with van der Waals surface area (Å²) in [5, 5.41) is 13.6. The van der Waals surface area contributed by atoms with E-state index in [4.69, 9.17) is 4.74 Å². The van der Waals surface area contributed by atoms with E-state index in [0.717, 1.165) is 53.3 Å². The van der Waals surface area contributed by atoms with Crippen LogP contribution in [0.5, 0.6) is 0 Å². The largest absolute Gasteiger partial charge is 0.480 e. The lowest BCUT2D eigenvalue weighted by Crippen LogP contribution is -2.42. The van der Waals surface area contributed by atoms with Crippen LogP contribution < -0.4 is 5.32 Å². The summed E-state index contributed by atoms with van der Waals surface area (Å²) < 4.78 is 28.9. The van der Waals surface area contributed by atoms with Crippen molar-refractivity contribution in [1.82, 2.24) is 10.2 Å². The van der Waals surface area contributed by atoms with Crippen molar-refractivity contribution < 1.29 is 27.9 Å². The van der Waals surface area contributed by atoms with Crippen LogP contribution in [-0.2, 0) is 25.9 Å². The number of carbonyl (C=O) groups is 2. The molecule has 0 spiro atoms. The summed E-state index contributed by atoms with van der Waals surface area (Å²) in [6.07, 6.45) is 8.61. The number of aryl methyl sites for hydroxylation is 1. The average Bonchev–Trinajstić information content (AvgIpc) is 3.31. The number of amides is 1. The van der Waals surface area contributed by atoms with Crippen LogP contribution in [-0.4, -0.2) is 85.2 Å². The van der Waals surface area contributed by atoms with Gasteiger partial charge in [-0.2, -0.15) is 11.8 Å². The number of benzene rings is 2. The maximum atomic E-state index is 13.5. The monoisotopic (exact) mass is 616 g/mol. The third-order valence-corrected chi connectivity index (χ3v) is 10.9. The number of rotatable bonds is 13. The third kappa shape index (κ3) is 9.05. The smallest absolute Gasteiger partial charge is 0.326 e. The standard InChI is InChI=1S/C32H44N2O6S2/c1-22-9-7-8-12-27(22)29-17-23(13-14-28(29)31(35)33-30(32(36)37)15-16-42(3,38)39)19-34-20-26(18-24(34)21-40-2)41-25-10-5-4-6-11-25/h7-9,12-14,17,24-26,30H,4-6,10-11,15-16,18-21H2,1-3H3,(H,33,35)(H,36,37)/t24-,26?,30-/m0/s1. The highest BCUT2D eigenvalue weighted by Gasteiger charge is 2.34. The second-order valence-corrected chi connectivity index (χ2v) is 15.6. The maximum Gasteiger partial charge on any atom is 0.326 e.